The van der Waals surface area contributed by atoms with Gasteiger partial charge in [-0.05, 0) is 36.8 Å². The number of methoxy groups -OCH3 is 1. The summed E-state index contributed by atoms with van der Waals surface area (Å²) in [4.78, 5) is 16.6. The molecule has 5 heteroatoms. The number of unbranched alkanes of at least 4 members (excludes halogenated alkanes) is 2. The van der Waals surface area contributed by atoms with E-state index in [4.69, 9.17) is 9.15 Å². The van der Waals surface area contributed by atoms with Crippen molar-refractivity contribution in [1.82, 2.24) is 4.98 Å². The second-order valence-electron chi connectivity index (χ2n) is 5.91. The first-order valence-corrected chi connectivity index (χ1v) is 8.55. The van der Waals surface area contributed by atoms with Crippen LogP contribution in [0.15, 0.2) is 46.9 Å². The zero-order valence-electron chi connectivity index (χ0n) is 14.5. The average molecular weight is 338 g/mol. The molecule has 1 N–H and O–H groups in total. The molecule has 0 aliphatic rings. The number of carbonyl (C=O) groups excluding carboxylic acids is 1. The molecule has 0 bridgehead atoms. The summed E-state index contributed by atoms with van der Waals surface area (Å²) in [6.45, 7) is 2.12. The highest BCUT2D eigenvalue weighted by molar-refractivity contribution is 5.93. The van der Waals surface area contributed by atoms with Crippen molar-refractivity contribution in [2.75, 3.05) is 12.4 Å². The molecule has 0 radical (unpaired) electrons. The van der Waals surface area contributed by atoms with Gasteiger partial charge in [-0.1, -0.05) is 31.9 Å². The van der Waals surface area contributed by atoms with Gasteiger partial charge in [-0.2, -0.15) is 0 Å². The Morgan fingerprint density at radius 3 is 2.80 bits per heavy atom. The van der Waals surface area contributed by atoms with Crippen LogP contribution in [-0.2, 0) is 4.79 Å². The van der Waals surface area contributed by atoms with E-state index >= 15 is 0 Å². The molecule has 0 saturated heterocycles. The fraction of sp³-hybridized carbons (Fsp3) is 0.300. The number of amides is 1. The quantitative estimate of drug-likeness (QED) is 0.614. The van der Waals surface area contributed by atoms with Crippen molar-refractivity contribution >= 4 is 22.7 Å². The smallest absolute Gasteiger partial charge is 0.227 e. The van der Waals surface area contributed by atoms with Crippen molar-refractivity contribution in [2.24, 2.45) is 0 Å². The summed E-state index contributed by atoms with van der Waals surface area (Å²) in [5.41, 5.74) is 2.96. The predicted octanol–water partition coefficient (Wildman–Crippen LogP) is 5.02. The third-order valence-corrected chi connectivity index (χ3v) is 4.02. The number of nitrogens with zero attached hydrogens (tertiary/aromatic N) is 1. The van der Waals surface area contributed by atoms with Gasteiger partial charge in [0.25, 0.3) is 0 Å². The molecule has 3 aromatic rings. The lowest BCUT2D eigenvalue weighted by molar-refractivity contribution is -0.116. The molecule has 0 unspecified atom stereocenters. The van der Waals surface area contributed by atoms with Crippen LogP contribution in [0.3, 0.4) is 0 Å². The number of fused-ring (bicyclic) bond motifs is 1. The van der Waals surface area contributed by atoms with Crippen LogP contribution < -0.4 is 10.1 Å². The Hall–Kier alpha value is -2.82. The Morgan fingerprint density at radius 1 is 1.20 bits per heavy atom. The molecule has 0 spiro atoms. The highest BCUT2D eigenvalue weighted by atomic mass is 16.5. The summed E-state index contributed by atoms with van der Waals surface area (Å²) < 4.78 is 11.2. The number of anilines is 1. The zero-order valence-corrected chi connectivity index (χ0v) is 14.5. The van der Waals surface area contributed by atoms with E-state index in [9.17, 15) is 4.79 Å². The van der Waals surface area contributed by atoms with Crippen LogP contribution in [0.5, 0.6) is 5.75 Å². The largest absolute Gasteiger partial charge is 0.495 e. The van der Waals surface area contributed by atoms with Crippen molar-refractivity contribution < 1.29 is 13.9 Å². The number of oxazole rings is 1. The maximum Gasteiger partial charge on any atom is 0.227 e. The highest BCUT2D eigenvalue weighted by Gasteiger charge is 2.13. The van der Waals surface area contributed by atoms with Crippen LogP contribution in [0.2, 0.25) is 0 Å². The fourth-order valence-corrected chi connectivity index (χ4v) is 2.68. The number of aromatic nitrogens is 1. The molecule has 1 aromatic heterocycles. The molecule has 130 valence electrons. The van der Waals surface area contributed by atoms with Gasteiger partial charge in [-0.3, -0.25) is 4.79 Å². The standard InChI is InChI=1S/C20H22N2O3/c1-3-4-5-10-19(23)21-16-13-14(11-12-17(16)24-2)20-22-15-8-6-7-9-18(15)25-20/h6-9,11-13H,3-5,10H2,1-2H3,(H,21,23). The molecular formula is C20H22N2O3. The van der Waals surface area contributed by atoms with Crippen LogP contribution in [0, 0.1) is 0 Å². The van der Waals surface area contributed by atoms with Crippen LogP contribution in [0.4, 0.5) is 5.69 Å². The van der Waals surface area contributed by atoms with Crippen molar-refractivity contribution in [3.63, 3.8) is 0 Å². The second kappa shape index (κ2) is 7.83. The first kappa shape index (κ1) is 17.0. The van der Waals surface area contributed by atoms with Gasteiger partial charge in [-0.25, -0.2) is 4.98 Å². The summed E-state index contributed by atoms with van der Waals surface area (Å²) >= 11 is 0. The van der Waals surface area contributed by atoms with E-state index in [0.29, 0.717) is 23.7 Å². The van der Waals surface area contributed by atoms with E-state index in [1.54, 1.807) is 7.11 Å². The minimum atomic E-state index is -0.0125. The SMILES string of the molecule is CCCCCC(=O)Nc1cc(-c2nc3ccccc3o2)ccc1OC. The highest BCUT2D eigenvalue weighted by Crippen LogP contribution is 2.32. The van der Waals surface area contributed by atoms with E-state index in [2.05, 4.69) is 17.2 Å². The molecule has 0 aliphatic heterocycles. The van der Waals surface area contributed by atoms with Gasteiger partial charge in [0.1, 0.15) is 11.3 Å². The maximum absolute atomic E-state index is 12.1. The lowest BCUT2D eigenvalue weighted by atomic mass is 10.1. The Labute approximate surface area is 147 Å². The Balaban J connectivity index is 1.85. The van der Waals surface area contributed by atoms with Crippen LogP contribution in [0.1, 0.15) is 32.6 Å². The minimum Gasteiger partial charge on any atom is -0.495 e. The Morgan fingerprint density at radius 2 is 2.04 bits per heavy atom. The molecule has 3 rings (SSSR count). The summed E-state index contributed by atoms with van der Waals surface area (Å²) in [6, 6.07) is 13.1. The predicted molar refractivity (Wildman–Crippen MR) is 98.8 cm³/mol. The Kier molecular flexibility index (Phi) is 5.33. The topological polar surface area (TPSA) is 64.4 Å². The van der Waals surface area contributed by atoms with Gasteiger partial charge >= 0.3 is 0 Å². The van der Waals surface area contributed by atoms with Crippen molar-refractivity contribution in [3.05, 3.63) is 42.5 Å². The summed E-state index contributed by atoms with van der Waals surface area (Å²) in [6.07, 6.45) is 3.52. The molecule has 2 aromatic carbocycles. The summed E-state index contributed by atoms with van der Waals surface area (Å²) in [7, 11) is 1.58. The van der Waals surface area contributed by atoms with E-state index in [1.807, 2.05) is 42.5 Å². The molecule has 1 heterocycles. The van der Waals surface area contributed by atoms with Crippen molar-refractivity contribution in [1.29, 1.82) is 0 Å². The van der Waals surface area contributed by atoms with Gasteiger partial charge in [0.2, 0.25) is 11.8 Å². The van der Waals surface area contributed by atoms with E-state index in [1.165, 1.54) is 0 Å². The average Bonchev–Trinajstić information content (AvgIpc) is 3.06. The fourth-order valence-electron chi connectivity index (χ4n) is 2.68. The van der Waals surface area contributed by atoms with Crippen LogP contribution in [-0.4, -0.2) is 18.0 Å². The molecule has 0 aliphatic carbocycles. The van der Waals surface area contributed by atoms with E-state index in [0.717, 1.165) is 35.9 Å². The van der Waals surface area contributed by atoms with Gasteiger partial charge < -0.3 is 14.5 Å². The molecule has 1 amide bonds. The lowest BCUT2D eigenvalue weighted by Crippen LogP contribution is -2.12. The lowest BCUT2D eigenvalue weighted by Gasteiger charge is -2.11. The molecule has 0 saturated carbocycles. The first-order valence-electron chi connectivity index (χ1n) is 8.55. The second-order valence-corrected chi connectivity index (χ2v) is 5.91. The molecule has 25 heavy (non-hydrogen) atoms. The number of hydrogen-bond donors (Lipinski definition) is 1. The summed E-state index contributed by atoms with van der Waals surface area (Å²) in [5, 5.41) is 2.93. The van der Waals surface area contributed by atoms with Gasteiger partial charge in [0, 0.05) is 12.0 Å². The van der Waals surface area contributed by atoms with Crippen LogP contribution in [0.25, 0.3) is 22.6 Å². The van der Waals surface area contributed by atoms with Gasteiger partial charge in [0.05, 0.1) is 12.8 Å². The third-order valence-electron chi connectivity index (χ3n) is 4.02. The van der Waals surface area contributed by atoms with E-state index < -0.39 is 0 Å². The maximum atomic E-state index is 12.1. The first-order chi connectivity index (χ1) is 12.2. The number of ether oxygens (including phenoxy) is 1. The third kappa shape index (κ3) is 3.99. The number of hydrogen-bond acceptors (Lipinski definition) is 4. The van der Waals surface area contributed by atoms with Crippen molar-refractivity contribution in [3.8, 4) is 17.2 Å². The minimum absolute atomic E-state index is 0.0125. The number of carbonyl (C=O) groups is 1. The number of rotatable bonds is 7. The van der Waals surface area contributed by atoms with Gasteiger partial charge in [0.15, 0.2) is 5.58 Å². The number of benzene rings is 2. The number of para-hydroxylation sites is 2. The monoisotopic (exact) mass is 338 g/mol. The molecule has 0 atom stereocenters. The summed E-state index contributed by atoms with van der Waals surface area (Å²) in [5.74, 6) is 1.12. The molecule has 5 nitrogen and oxygen atoms in total. The van der Waals surface area contributed by atoms with Gasteiger partial charge in [-0.15, -0.1) is 0 Å². The zero-order chi connectivity index (χ0) is 17.6. The Bertz CT molecular complexity index is 837. The molecular weight excluding hydrogens is 316 g/mol. The number of nitrogens with one attached hydrogen (secondary N) is 1. The van der Waals surface area contributed by atoms with Crippen LogP contribution >= 0.6 is 0 Å². The van der Waals surface area contributed by atoms with E-state index in [-0.39, 0.29) is 5.91 Å². The normalized spacial score (nSPS) is 10.8. The van der Waals surface area contributed by atoms with Crippen molar-refractivity contribution in [2.45, 2.75) is 32.6 Å². The molecule has 0 fully saturated rings.